The minimum atomic E-state index is -0.0635. The number of hydrogen-bond acceptors (Lipinski definition) is 6. The Kier molecular flexibility index (Phi) is 7.64. The number of likely N-dealkylation sites (N-methyl/N-ethyl adjacent to an activating group) is 1. The Hall–Kier alpha value is -2.36. The van der Waals surface area contributed by atoms with E-state index in [1.165, 1.54) is 11.3 Å². The zero-order chi connectivity index (χ0) is 22.9. The molecule has 0 fully saturated rings. The number of thiophene rings is 1. The third-order valence-corrected chi connectivity index (χ3v) is 7.73. The maximum atomic E-state index is 14.1. The van der Waals surface area contributed by atoms with Crippen LogP contribution in [0.2, 0.25) is 0 Å². The number of pyridine rings is 1. The molecule has 0 unspecified atom stereocenters. The van der Waals surface area contributed by atoms with Crippen molar-refractivity contribution in [3.05, 3.63) is 76.1 Å². The van der Waals surface area contributed by atoms with Crippen LogP contribution in [-0.2, 0) is 0 Å². The van der Waals surface area contributed by atoms with E-state index in [9.17, 15) is 4.79 Å². The fourth-order valence-electron chi connectivity index (χ4n) is 3.63. The number of anilines is 1. The largest absolute Gasteiger partial charge is 0.308 e. The van der Waals surface area contributed by atoms with Gasteiger partial charge in [-0.1, -0.05) is 51.5 Å². The van der Waals surface area contributed by atoms with Gasteiger partial charge < -0.3 is 4.90 Å². The third-order valence-electron chi connectivity index (χ3n) is 5.31. The van der Waals surface area contributed by atoms with Gasteiger partial charge in [0.25, 0.3) is 5.91 Å². The Morgan fingerprint density at radius 2 is 1.79 bits per heavy atom. The lowest BCUT2D eigenvalue weighted by Gasteiger charge is -2.23. The molecule has 0 N–H and O–H groups in total. The van der Waals surface area contributed by atoms with Gasteiger partial charge in [0, 0.05) is 22.9 Å². The second-order valence-electron chi connectivity index (χ2n) is 7.92. The topological polar surface area (TPSA) is 49.3 Å². The minimum absolute atomic E-state index is 0. The number of rotatable bonds is 6. The van der Waals surface area contributed by atoms with Crippen LogP contribution in [-0.4, -0.2) is 48.0 Å². The van der Waals surface area contributed by atoms with Crippen molar-refractivity contribution < 1.29 is 4.79 Å². The molecule has 0 aliphatic rings. The highest BCUT2D eigenvalue weighted by molar-refractivity contribution is 9.10. The van der Waals surface area contributed by atoms with Crippen molar-refractivity contribution in [3.8, 4) is 10.6 Å². The SMILES string of the molecule is CN(C)CCN(C(=O)c1cc(-c2cccs2)nc2ccccc12)c1nc2ccc(Br)cc2s1.Cl. The molecule has 9 heteroatoms. The van der Waals surface area contributed by atoms with Crippen LogP contribution < -0.4 is 4.90 Å². The molecule has 0 aliphatic carbocycles. The van der Waals surface area contributed by atoms with Gasteiger partial charge in [-0.3, -0.25) is 9.69 Å². The number of halogens is 2. The van der Waals surface area contributed by atoms with E-state index < -0.39 is 0 Å². The number of thiazole rings is 1. The minimum Gasteiger partial charge on any atom is -0.308 e. The summed E-state index contributed by atoms with van der Waals surface area (Å²) in [4.78, 5) is 28.6. The molecule has 0 spiro atoms. The standard InChI is InChI=1S/C25H21BrN4OS2.ClH/c1-29(2)11-12-30(25-28-20-10-9-16(26)14-23(20)33-25)24(31)18-15-21(22-8-5-13-32-22)27-19-7-4-3-6-17(18)19;/h3-10,13-15H,11-12H2,1-2H3;1H. The molecule has 3 heterocycles. The zero-order valence-corrected chi connectivity index (χ0v) is 22.6. The van der Waals surface area contributed by atoms with Gasteiger partial charge in [0.05, 0.1) is 31.9 Å². The van der Waals surface area contributed by atoms with Crippen molar-refractivity contribution in [2.75, 3.05) is 32.1 Å². The summed E-state index contributed by atoms with van der Waals surface area (Å²) in [6.07, 6.45) is 0. The van der Waals surface area contributed by atoms with E-state index in [1.54, 1.807) is 16.2 Å². The van der Waals surface area contributed by atoms with Crippen LogP contribution in [0.4, 0.5) is 5.13 Å². The lowest BCUT2D eigenvalue weighted by molar-refractivity contribution is 0.0986. The van der Waals surface area contributed by atoms with E-state index in [4.69, 9.17) is 9.97 Å². The van der Waals surface area contributed by atoms with Crippen molar-refractivity contribution in [1.29, 1.82) is 0 Å². The van der Waals surface area contributed by atoms with E-state index in [0.29, 0.717) is 17.2 Å². The first-order chi connectivity index (χ1) is 16.0. The van der Waals surface area contributed by atoms with Gasteiger partial charge in [-0.15, -0.1) is 23.7 Å². The molecular weight excluding hydrogens is 552 g/mol. The van der Waals surface area contributed by atoms with E-state index in [2.05, 4.69) is 20.8 Å². The second-order valence-corrected chi connectivity index (χ2v) is 10.8. The quantitative estimate of drug-likeness (QED) is 0.220. The summed E-state index contributed by atoms with van der Waals surface area (Å²) < 4.78 is 2.04. The molecule has 0 aliphatic heterocycles. The van der Waals surface area contributed by atoms with Crippen molar-refractivity contribution in [2.24, 2.45) is 0 Å². The Balaban J connectivity index is 0.00000274. The zero-order valence-electron chi connectivity index (χ0n) is 18.6. The second kappa shape index (κ2) is 10.5. The summed E-state index contributed by atoms with van der Waals surface area (Å²) in [5.41, 5.74) is 3.16. The fraction of sp³-hybridized carbons (Fsp3) is 0.160. The van der Waals surface area contributed by atoms with E-state index >= 15 is 0 Å². The first-order valence-electron chi connectivity index (χ1n) is 10.5. The molecule has 3 aromatic heterocycles. The molecular formula is C25H22BrClN4OS2. The Bertz CT molecular complexity index is 1450. The fourth-order valence-corrected chi connectivity index (χ4v) is 5.86. The highest BCUT2D eigenvalue weighted by Gasteiger charge is 2.24. The lowest BCUT2D eigenvalue weighted by Crippen LogP contribution is -2.37. The van der Waals surface area contributed by atoms with Gasteiger partial charge in [-0.2, -0.15) is 0 Å². The summed E-state index contributed by atoms with van der Waals surface area (Å²) in [5, 5.41) is 3.58. The van der Waals surface area contributed by atoms with Crippen LogP contribution in [0.15, 0.2) is 70.5 Å². The number of hydrogen-bond donors (Lipinski definition) is 0. The maximum absolute atomic E-state index is 14.1. The molecule has 0 bridgehead atoms. The van der Waals surface area contributed by atoms with Crippen LogP contribution in [0.1, 0.15) is 10.4 Å². The summed E-state index contributed by atoms with van der Waals surface area (Å²) in [6.45, 7) is 1.27. The van der Waals surface area contributed by atoms with Crippen molar-refractivity contribution in [3.63, 3.8) is 0 Å². The van der Waals surface area contributed by atoms with Crippen molar-refractivity contribution in [1.82, 2.24) is 14.9 Å². The highest BCUT2D eigenvalue weighted by atomic mass is 79.9. The van der Waals surface area contributed by atoms with Gasteiger partial charge >= 0.3 is 0 Å². The van der Waals surface area contributed by atoms with Crippen LogP contribution >= 0.6 is 51.0 Å². The van der Waals surface area contributed by atoms with Crippen LogP contribution in [0.25, 0.3) is 31.7 Å². The van der Waals surface area contributed by atoms with Crippen molar-refractivity contribution in [2.45, 2.75) is 0 Å². The van der Waals surface area contributed by atoms with Gasteiger partial charge in [0.2, 0.25) is 0 Å². The summed E-state index contributed by atoms with van der Waals surface area (Å²) in [7, 11) is 4.02. The summed E-state index contributed by atoms with van der Waals surface area (Å²) in [5.74, 6) is -0.0635. The van der Waals surface area contributed by atoms with Crippen molar-refractivity contribution >= 4 is 83.2 Å². The molecule has 34 heavy (non-hydrogen) atoms. The normalized spacial score (nSPS) is 11.2. The molecule has 174 valence electrons. The highest BCUT2D eigenvalue weighted by Crippen LogP contribution is 2.33. The first kappa shape index (κ1) is 24.8. The number of carbonyl (C=O) groups excluding carboxylic acids is 1. The van der Waals surface area contributed by atoms with Crippen LogP contribution in [0.3, 0.4) is 0 Å². The van der Waals surface area contributed by atoms with E-state index in [1.807, 2.05) is 80.1 Å². The molecule has 0 saturated carbocycles. The summed E-state index contributed by atoms with van der Waals surface area (Å²) in [6, 6.07) is 19.8. The van der Waals surface area contributed by atoms with Crippen LogP contribution in [0, 0.1) is 0 Å². The number of fused-ring (bicyclic) bond motifs is 2. The number of para-hydroxylation sites is 1. The Morgan fingerprint density at radius 3 is 2.56 bits per heavy atom. The number of carbonyl (C=O) groups is 1. The average molecular weight is 574 g/mol. The molecule has 5 aromatic rings. The van der Waals surface area contributed by atoms with Crippen LogP contribution in [0.5, 0.6) is 0 Å². The number of nitrogens with zero attached hydrogens (tertiary/aromatic N) is 4. The predicted molar refractivity (Wildman–Crippen MR) is 150 cm³/mol. The number of benzene rings is 2. The predicted octanol–water partition coefficient (Wildman–Crippen LogP) is 6.97. The van der Waals surface area contributed by atoms with Gasteiger partial charge in [-0.05, 0) is 55.9 Å². The number of aromatic nitrogens is 2. The summed E-state index contributed by atoms with van der Waals surface area (Å²) >= 11 is 6.69. The molecule has 5 nitrogen and oxygen atoms in total. The molecule has 0 atom stereocenters. The number of amides is 1. The smallest absolute Gasteiger partial charge is 0.260 e. The maximum Gasteiger partial charge on any atom is 0.260 e. The Labute approximate surface area is 220 Å². The molecule has 1 amide bonds. The Morgan fingerprint density at radius 1 is 0.971 bits per heavy atom. The molecule has 5 rings (SSSR count). The first-order valence-corrected chi connectivity index (χ1v) is 12.9. The lowest BCUT2D eigenvalue weighted by atomic mass is 10.1. The molecule has 0 radical (unpaired) electrons. The van der Waals surface area contributed by atoms with E-state index in [-0.39, 0.29) is 18.3 Å². The molecule has 0 saturated heterocycles. The van der Waals surface area contributed by atoms with Gasteiger partial charge in [0.15, 0.2) is 5.13 Å². The average Bonchev–Trinajstić information content (AvgIpc) is 3.48. The van der Waals surface area contributed by atoms with E-state index in [0.717, 1.165) is 42.7 Å². The molecule has 2 aromatic carbocycles. The monoisotopic (exact) mass is 572 g/mol. The van der Waals surface area contributed by atoms with Gasteiger partial charge in [-0.25, -0.2) is 9.97 Å². The van der Waals surface area contributed by atoms with Gasteiger partial charge in [0.1, 0.15) is 0 Å². The third kappa shape index (κ3) is 5.01.